The summed E-state index contributed by atoms with van der Waals surface area (Å²) >= 11 is 0.765. The Balaban J connectivity index is 2.51. The molecule has 1 aromatic carbocycles. The van der Waals surface area contributed by atoms with Gasteiger partial charge in [-0.15, -0.1) is 5.10 Å². The maximum Gasteiger partial charge on any atom is 0.267 e. The Morgan fingerprint density at radius 1 is 1.40 bits per heavy atom. The first-order valence-corrected chi connectivity index (χ1v) is 7.92. The summed E-state index contributed by atoms with van der Waals surface area (Å²) in [5.41, 5.74) is 0.906. The van der Waals surface area contributed by atoms with Crippen molar-refractivity contribution in [2.45, 2.75) is 17.8 Å². The quantitative estimate of drug-likeness (QED) is 0.866. The highest BCUT2D eigenvalue weighted by Gasteiger charge is 2.16. The molecule has 9 heteroatoms. The largest absolute Gasteiger partial charge is 0.273 e. The molecule has 0 aliphatic heterocycles. The molecule has 2 N–H and O–H groups in total. The van der Waals surface area contributed by atoms with Crippen LogP contribution in [0.2, 0.25) is 0 Å². The molecular weight excluding hydrogens is 300 g/mol. The van der Waals surface area contributed by atoms with Gasteiger partial charge in [0.25, 0.3) is 10.0 Å². The molecule has 0 atom stereocenters. The van der Waals surface area contributed by atoms with E-state index in [0.717, 1.165) is 16.9 Å². The van der Waals surface area contributed by atoms with Crippen LogP contribution < -0.4 is 9.94 Å². The van der Waals surface area contributed by atoms with E-state index in [2.05, 4.69) is 10.1 Å². The van der Waals surface area contributed by atoms with Crippen LogP contribution in [0, 0.1) is 0 Å². The molecule has 2 rings (SSSR count). The fraction of sp³-hybridized carbons (Fsp3) is 0.182. The van der Waals surface area contributed by atoms with E-state index in [1.54, 1.807) is 0 Å². The Morgan fingerprint density at radius 2 is 2.05 bits per heavy atom. The Hall–Kier alpha value is -1.84. The van der Waals surface area contributed by atoms with Gasteiger partial charge < -0.3 is 0 Å². The normalized spacial score (nSPS) is 12.6. The Kier molecular flexibility index (Phi) is 4.12. The van der Waals surface area contributed by atoms with Gasteiger partial charge in [-0.05, 0) is 5.56 Å². The van der Waals surface area contributed by atoms with Gasteiger partial charge in [0.05, 0.1) is 6.54 Å². The summed E-state index contributed by atoms with van der Waals surface area (Å²) in [6.45, 7) is 1.59. The van der Waals surface area contributed by atoms with E-state index in [1.807, 2.05) is 30.3 Å². The van der Waals surface area contributed by atoms with E-state index < -0.39 is 15.9 Å². The van der Waals surface area contributed by atoms with Gasteiger partial charge in [-0.1, -0.05) is 41.7 Å². The van der Waals surface area contributed by atoms with Crippen LogP contribution in [0.4, 0.5) is 0 Å². The summed E-state index contributed by atoms with van der Waals surface area (Å²) in [6.07, 6.45) is 0. The zero-order valence-electron chi connectivity index (χ0n) is 10.6. The average molecular weight is 312 g/mol. The number of sulfonamides is 1. The second-order valence-corrected chi connectivity index (χ2v) is 6.66. The molecule has 0 fully saturated rings. The van der Waals surface area contributed by atoms with Crippen molar-refractivity contribution in [2.24, 2.45) is 10.1 Å². The third kappa shape index (κ3) is 3.59. The van der Waals surface area contributed by atoms with E-state index in [-0.39, 0.29) is 9.14 Å². The van der Waals surface area contributed by atoms with Crippen LogP contribution in [-0.4, -0.2) is 24.1 Å². The lowest BCUT2D eigenvalue weighted by atomic mass is 10.2. The number of nitrogens with zero attached hydrogens (tertiary/aromatic N) is 3. The fourth-order valence-corrected chi connectivity index (χ4v) is 3.06. The lowest BCUT2D eigenvalue weighted by molar-refractivity contribution is -0.116. The summed E-state index contributed by atoms with van der Waals surface area (Å²) in [6, 6.07) is 9.29. The number of carbonyl (C=O) groups is 1. The predicted octanol–water partition coefficient (Wildman–Crippen LogP) is 0.0875. The molecule has 0 spiro atoms. The summed E-state index contributed by atoms with van der Waals surface area (Å²) in [5.74, 6) is -0.434. The number of carbonyl (C=O) groups excluding carboxylic acids is 1. The second kappa shape index (κ2) is 5.65. The Bertz CT molecular complexity index is 791. The Morgan fingerprint density at radius 3 is 2.60 bits per heavy atom. The van der Waals surface area contributed by atoms with E-state index in [0.29, 0.717) is 6.54 Å². The van der Waals surface area contributed by atoms with Crippen LogP contribution in [0.1, 0.15) is 12.5 Å². The van der Waals surface area contributed by atoms with Gasteiger partial charge in [0.1, 0.15) is 0 Å². The van der Waals surface area contributed by atoms with Gasteiger partial charge in [0.2, 0.25) is 15.0 Å². The fourth-order valence-electron chi connectivity index (χ4n) is 1.48. The zero-order valence-corrected chi connectivity index (χ0v) is 12.2. The van der Waals surface area contributed by atoms with Gasteiger partial charge in [-0.25, -0.2) is 18.2 Å². The van der Waals surface area contributed by atoms with Gasteiger partial charge in [0, 0.05) is 6.92 Å². The monoisotopic (exact) mass is 312 g/mol. The molecule has 106 valence electrons. The lowest BCUT2D eigenvalue weighted by Crippen LogP contribution is -2.19. The minimum Gasteiger partial charge on any atom is -0.273 e. The SMILES string of the molecule is CC(=O)N=c1sc(S(N)(=O)=O)nn1Cc1ccccc1. The van der Waals surface area contributed by atoms with Gasteiger partial charge in [-0.2, -0.15) is 4.99 Å². The van der Waals surface area contributed by atoms with Crippen molar-refractivity contribution in [3.63, 3.8) is 0 Å². The van der Waals surface area contributed by atoms with E-state index in [4.69, 9.17) is 5.14 Å². The van der Waals surface area contributed by atoms with Crippen molar-refractivity contribution in [1.82, 2.24) is 9.78 Å². The van der Waals surface area contributed by atoms with Crippen molar-refractivity contribution in [2.75, 3.05) is 0 Å². The van der Waals surface area contributed by atoms with Crippen LogP contribution >= 0.6 is 11.3 Å². The summed E-state index contributed by atoms with van der Waals surface area (Å²) in [7, 11) is -3.92. The van der Waals surface area contributed by atoms with E-state index >= 15 is 0 Å². The van der Waals surface area contributed by atoms with Crippen molar-refractivity contribution in [1.29, 1.82) is 0 Å². The molecule has 1 heterocycles. The number of amides is 1. The predicted molar refractivity (Wildman–Crippen MR) is 73.3 cm³/mol. The maximum atomic E-state index is 11.3. The average Bonchev–Trinajstić information content (AvgIpc) is 2.73. The van der Waals surface area contributed by atoms with Crippen LogP contribution in [0.15, 0.2) is 39.7 Å². The molecular formula is C11H12N4O3S2. The highest BCUT2D eigenvalue weighted by Crippen LogP contribution is 2.07. The molecule has 2 aromatic rings. The zero-order chi connectivity index (χ0) is 14.8. The second-order valence-electron chi connectivity index (χ2n) is 3.97. The molecule has 7 nitrogen and oxygen atoms in total. The molecule has 0 aliphatic carbocycles. The molecule has 0 radical (unpaired) electrons. The van der Waals surface area contributed by atoms with Crippen LogP contribution in [0.3, 0.4) is 0 Å². The van der Waals surface area contributed by atoms with Gasteiger partial charge in [0.15, 0.2) is 0 Å². The van der Waals surface area contributed by atoms with Gasteiger partial charge >= 0.3 is 0 Å². The first kappa shape index (κ1) is 14.6. The van der Waals surface area contributed by atoms with Crippen LogP contribution in [0.25, 0.3) is 0 Å². The molecule has 0 saturated carbocycles. The van der Waals surface area contributed by atoms with Crippen LogP contribution in [0.5, 0.6) is 0 Å². The molecule has 0 aliphatic rings. The number of nitrogens with two attached hydrogens (primary N) is 1. The maximum absolute atomic E-state index is 11.3. The first-order chi connectivity index (χ1) is 9.36. The highest BCUT2D eigenvalue weighted by atomic mass is 32.2. The molecule has 1 aromatic heterocycles. The molecule has 0 unspecified atom stereocenters. The van der Waals surface area contributed by atoms with Crippen LogP contribution in [-0.2, 0) is 21.4 Å². The van der Waals surface area contributed by atoms with Crippen molar-refractivity contribution < 1.29 is 13.2 Å². The first-order valence-electron chi connectivity index (χ1n) is 5.56. The number of primary sulfonamides is 1. The van der Waals surface area contributed by atoms with E-state index in [1.165, 1.54) is 11.6 Å². The lowest BCUT2D eigenvalue weighted by Gasteiger charge is -2.00. The third-order valence-corrected chi connectivity index (χ3v) is 4.53. The third-order valence-electron chi connectivity index (χ3n) is 2.27. The number of hydrogen-bond donors (Lipinski definition) is 1. The number of rotatable bonds is 3. The standard InChI is InChI=1S/C11H12N4O3S2/c1-8(16)13-10-15(7-9-5-3-2-4-6-9)14-11(19-10)20(12,17)18/h2-6H,7H2,1H3,(H2,12,17,18). The number of aromatic nitrogens is 2. The summed E-state index contributed by atoms with van der Waals surface area (Å²) in [4.78, 5) is 15.0. The van der Waals surface area contributed by atoms with E-state index in [9.17, 15) is 13.2 Å². The van der Waals surface area contributed by atoms with Crippen molar-refractivity contribution >= 4 is 27.3 Å². The number of hydrogen-bond acceptors (Lipinski definition) is 5. The minimum atomic E-state index is -3.92. The smallest absolute Gasteiger partial charge is 0.267 e. The highest BCUT2D eigenvalue weighted by molar-refractivity contribution is 7.91. The molecule has 0 bridgehead atoms. The number of benzene rings is 1. The minimum absolute atomic E-state index is 0.199. The van der Waals surface area contributed by atoms with Crippen molar-refractivity contribution in [3.05, 3.63) is 40.7 Å². The van der Waals surface area contributed by atoms with Gasteiger partial charge in [-0.3, -0.25) is 4.79 Å². The molecule has 20 heavy (non-hydrogen) atoms. The topological polar surface area (TPSA) is 107 Å². The Labute approximate surface area is 119 Å². The molecule has 0 saturated heterocycles. The summed E-state index contributed by atoms with van der Waals surface area (Å²) < 4.78 is 23.7. The van der Waals surface area contributed by atoms with Crippen molar-refractivity contribution in [3.8, 4) is 0 Å². The molecule has 1 amide bonds. The summed E-state index contributed by atoms with van der Waals surface area (Å²) in [5, 5.41) is 8.95.